The molecule has 2 aromatic rings. The largest absolute Gasteiger partial charge is 0.439 e. The minimum atomic E-state index is 0.714. The Morgan fingerprint density at radius 1 is 1.26 bits per heavy atom. The van der Waals surface area contributed by atoms with Crippen LogP contribution in [0.2, 0.25) is 0 Å². The first-order chi connectivity index (χ1) is 9.20. The summed E-state index contributed by atoms with van der Waals surface area (Å²) in [5.74, 6) is 0.783. The molecule has 2 N–H and O–H groups in total. The second-order valence-electron chi connectivity index (χ2n) is 5.27. The zero-order valence-corrected chi connectivity index (χ0v) is 11.3. The van der Waals surface area contributed by atoms with Crippen LogP contribution in [0.4, 0.5) is 5.69 Å². The number of oxazole rings is 1. The van der Waals surface area contributed by atoms with Gasteiger partial charge in [-0.05, 0) is 38.7 Å². The highest BCUT2D eigenvalue weighted by Gasteiger charge is 2.15. The average molecular weight is 260 g/mol. The van der Waals surface area contributed by atoms with Crippen molar-refractivity contribution in [2.45, 2.75) is 13.0 Å². The number of nitrogens with zero attached hydrogens (tertiary/aromatic N) is 3. The third-order valence-corrected chi connectivity index (χ3v) is 3.63. The highest BCUT2D eigenvalue weighted by molar-refractivity contribution is 5.76. The topological polar surface area (TPSA) is 58.5 Å². The number of hydrogen-bond acceptors (Lipinski definition) is 5. The van der Waals surface area contributed by atoms with Crippen LogP contribution in [0.15, 0.2) is 22.6 Å². The van der Waals surface area contributed by atoms with Crippen LogP contribution in [0.3, 0.4) is 0 Å². The summed E-state index contributed by atoms with van der Waals surface area (Å²) in [5.41, 5.74) is 8.13. The van der Waals surface area contributed by atoms with Gasteiger partial charge in [0.15, 0.2) is 5.58 Å². The van der Waals surface area contributed by atoms with E-state index in [4.69, 9.17) is 10.2 Å². The van der Waals surface area contributed by atoms with Crippen molar-refractivity contribution in [2.75, 3.05) is 39.0 Å². The van der Waals surface area contributed by atoms with E-state index in [-0.39, 0.29) is 0 Å². The van der Waals surface area contributed by atoms with Gasteiger partial charge in [0.2, 0.25) is 5.89 Å². The summed E-state index contributed by atoms with van der Waals surface area (Å²) >= 11 is 0. The summed E-state index contributed by atoms with van der Waals surface area (Å²) in [6.07, 6.45) is 1.20. The fourth-order valence-corrected chi connectivity index (χ4v) is 2.51. The van der Waals surface area contributed by atoms with E-state index in [0.717, 1.165) is 43.2 Å². The first kappa shape index (κ1) is 12.4. The van der Waals surface area contributed by atoms with Gasteiger partial charge in [-0.2, -0.15) is 0 Å². The van der Waals surface area contributed by atoms with Gasteiger partial charge in [-0.1, -0.05) is 0 Å². The maximum atomic E-state index is 5.77. The Morgan fingerprint density at radius 3 is 3.05 bits per heavy atom. The molecule has 1 aliphatic rings. The summed E-state index contributed by atoms with van der Waals surface area (Å²) in [6, 6.07) is 5.60. The third kappa shape index (κ3) is 2.88. The predicted molar refractivity (Wildman–Crippen MR) is 75.8 cm³/mol. The number of nitrogens with two attached hydrogens (primary N) is 1. The smallest absolute Gasteiger partial charge is 0.209 e. The van der Waals surface area contributed by atoms with Crippen LogP contribution in [0.5, 0.6) is 0 Å². The van der Waals surface area contributed by atoms with E-state index in [2.05, 4.69) is 21.8 Å². The van der Waals surface area contributed by atoms with Crippen LogP contribution in [-0.4, -0.2) is 48.0 Å². The number of anilines is 1. The Morgan fingerprint density at radius 2 is 2.16 bits per heavy atom. The SMILES string of the molecule is CN1CCCN(Cc2nc3ccc(N)cc3o2)CC1. The number of rotatable bonds is 2. The van der Waals surface area contributed by atoms with Gasteiger partial charge in [-0.25, -0.2) is 4.98 Å². The molecule has 1 saturated heterocycles. The van der Waals surface area contributed by atoms with E-state index in [1.54, 1.807) is 0 Å². The fourth-order valence-electron chi connectivity index (χ4n) is 2.51. The minimum Gasteiger partial charge on any atom is -0.439 e. The minimum absolute atomic E-state index is 0.714. The van der Waals surface area contributed by atoms with Crippen LogP contribution in [0, 0.1) is 0 Å². The van der Waals surface area contributed by atoms with Gasteiger partial charge in [0.1, 0.15) is 5.52 Å². The number of benzene rings is 1. The molecule has 2 heterocycles. The lowest BCUT2D eigenvalue weighted by Crippen LogP contribution is -2.28. The molecule has 19 heavy (non-hydrogen) atoms. The number of fused-ring (bicyclic) bond motifs is 1. The van der Waals surface area contributed by atoms with Crippen molar-refractivity contribution >= 4 is 16.8 Å². The van der Waals surface area contributed by atoms with E-state index in [1.807, 2.05) is 18.2 Å². The average Bonchev–Trinajstić information content (AvgIpc) is 2.65. The van der Waals surface area contributed by atoms with Crippen molar-refractivity contribution in [3.05, 3.63) is 24.1 Å². The maximum Gasteiger partial charge on any atom is 0.209 e. The van der Waals surface area contributed by atoms with Crippen LogP contribution >= 0.6 is 0 Å². The van der Waals surface area contributed by atoms with Gasteiger partial charge in [0.25, 0.3) is 0 Å². The molecular weight excluding hydrogens is 240 g/mol. The molecule has 5 heteroatoms. The molecule has 0 atom stereocenters. The highest BCUT2D eigenvalue weighted by atomic mass is 16.3. The van der Waals surface area contributed by atoms with Crippen molar-refractivity contribution in [2.24, 2.45) is 0 Å². The molecular formula is C14H20N4O. The molecule has 0 amide bonds. The Kier molecular flexibility index (Phi) is 3.40. The summed E-state index contributed by atoms with van der Waals surface area (Å²) in [5, 5.41) is 0. The van der Waals surface area contributed by atoms with Gasteiger partial charge in [0, 0.05) is 24.8 Å². The van der Waals surface area contributed by atoms with Crippen molar-refractivity contribution in [3.8, 4) is 0 Å². The highest BCUT2D eigenvalue weighted by Crippen LogP contribution is 2.19. The van der Waals surface area contributed by atoms with Gasteiger partial charge < -0.3 is 15.1 Å². The molecule has 0 saturated carbocycles. The molecule has 5 nitrogen and oxygen atoms in total. The third-order valence-electron chi connectivity index (χ3n) is 3.63. The van der Waals surface area contributed by atoms with Crippen molar-refractivity contribution in [3.63, 3.8) is 0 Å². The molecule has 3 rings (SSSR count). The molecule has 1 aliphatic heterocycles. The van der Waals surface area contributed by atoms with Gasteiger partial charge >= 0.3 is 0 Å². The fraction of sp³-hybridized carbons (Fsp3) is 0.500. The lowest BCUT2D eigenvalue weighted by atomic mass is 10.3. The van der Waals surface area contributed by atoms with Gasteiger partial charge in [-0.3, -0.25) is 4.90 Å². The van der Waals surface area contributed by atoms with Crippen molar-refractivity contribution in [1.82, 2.24) is 14.8 Å². The van der Waals surface area contributed by atoms with Gasteiger partial charge in [0.05, 0.1) is 6.54 Å². The number of likely N-dealkylation sites (N-methyl/N-ethyl adjacent to an activating group) is 1. The monoisotopic (exact) mass is 260 g/mol. The number of aromatic nitrogens is 1. The first-order valence-corrected chi connectivity index (χ1v) is 6.76. The second-order valence-corrected chi connectivity index (χ2v) is 5.27. The predicted octanol–water partition coefficient (Wildman–Crippen LogP) is 1.55. The second kappa shape index (κ2) is 5.19. The molecule has 1 aromatic carbocycles. The van der Waals surface area contributed by atoms with Crippen LogP contribution in [0.1, 0.15) is 12.3 Å². The van der Waals surface area contributed by atoms with E-state index in [1.165, 1.54) is 13.0 Å². The summed E-state index contributed by atoms with van der Waals surface area (Å²) in [7, 11) is 2.17. The maximum absolute atomic E-state index is 5.77. The molecule has 102 valence electrons. The van der Waals surface area contributed by atoms with Crippen LogP contribution < -0.4 is 5.73 Å². The van der Waals surface area contributed by atoms with Crippen molar-refractivity contribution in [1.29, 1.82) is 0 Å². The molecule has 0 unspecified atom stereocenters. The van der Waals surface area contributed by atoms with E-state index in [9.17, 15) is 0 Å². The van der Waals surface area contributed by atoms with E-state index in [0.29, 0.717) is 5.69 Å². The lowest BCUT2D eigenvalue weighted by molar-refractivity contribution is 0.246. The Bertz CT molecular complexity index is 566. The first-order valence-electron chi connectivity index (χ1n) is 6.76. The number of nitrogen functional groups attached to an aromatic ring is 1. The molecule has 0 aliphatic carbocycles. The summed E-state index contributed by atoms with van der Waals surface area (Å²) in [4.78, 5) is 9.29. The standard InChI is InChI=1S/C14H20N4O/c1-17-5-2-6-18(8-7-17)10-14-16-12-4-3-11(15)9-13(12)19-14/h3-4,9H,2,5-8,10,15H2,1H3. The normalized spacial score (nSPS) is 18.8. The Balaban J connectivity index is 1.73. The zero-order valence-electron chi connectivity index (χ0n) is 11.3. The van der Waals surface area contributed by atoms with E-state index < -0.39 is 0 Å². The molecule has 1 fully saturated rings. The van der Waals surface area contributed by atoms with Gasteiger partial charge in [-0.15, -0.1) is 0 Å². The Labute approximate surface area is 113 Å². The molecule has 1 aromatic heterocycles. The zero-order chi connectivity index (χ0) is 13.2. The summed E-state index contributed by atoms with van der Waals surface area (Å²) < 4.78 is 5.77. The van der Waals surface area contributed by atoms with E-state index >= 15 is 0 Å². The number of hydrogen-bond donors (Lipinski definition) is 1. The summed E-state index contributed by atoms with van der Waals surface area (Å²) in [6.45, 7) is 5.22. The quantitative estimate of drug-likeness (QED) is 0.830. The van der Waals surface area contributed by atoms with Crippen LogP contribution in [0.25, 0.3) is 11.1 Å². The molecule has 0 bridgehead atoms. The van der Waals surface area contributed by atoms with Crippen LogP contribution in [-0.2, 0) is 6.54 Å². The molecule has 0 spiro atoms. The van der Waals surface area contributed by atoms with Crippen molar-refractivity contribution < 1.29 is 4.42 Å². The Hall–Kier alpha value is -1.59. The lowest BCUT2D eigenvalue weighted by Gasteiger charge is -2.17. The molecule has 0 radical (unpaired) electrons.